The summed E-state index contributed by atoms with van der Waals surface area (Å²) >= 11 is 5.70. The van der Waals surface area contributed by atoms with E-state index in [1.807, 2.05) is 0 Å². The Morgan fingerprint density at radius 1 is 0.773 bits per heavy atom. The normalized spacial score (nSPS) is 11.6. The van der Waals surface area contributed by atoms with E-state index >= 15 is 0 Å². The van der Waals surface area contributed by atoms with Crippen molar-refractivity contribution >= 4 is 17.4 Å². The van der Waals surface area contributed by atoms with Crippen molar-refractivity contribution in [2.24, 2.45) is 0 Å². The molecule has 0 spiro atoms. The number of anilines is 1. The maximum Gasteiger partial charge on any atom is 0.132 e. The van der Waals surface area contributed by atoms with Crippen molar-refractivity contribution in [1.29, 1.82) is 0 Å². The molecule has 0 bridgehead atoms. The highest BCUT2D eigenvalue weighted by atomic mass is 35.5. The fraction of sp³-hybridized carbons (Fsp3) is 0.500. The van der Waals surface area contributed by atoms with E-state index in [4.69, 9.17) is 17.3 Å². The molecule has 2 aromatic rings. The first-order valence-corrected chi connectivity index (χ1v) is 7.44. The number of nitrogens with zero attached hydrogens (tertiary/aromatic N) is 4. The first-order chi connectivity index (χ1) is 10.00. The fourth-order valence-electron chi connectivity index (χ4n) is 1.53. The van der Waals surface area contributed by atoms with E-state index in [-0.39, 0.29) is 10.8 Å². The van der Waals surface area contributed by atoms with Crippen LogP contribution in [0.25, 0.3) is 0 Å². The summed E-state index contributed by atoms with van der Waals surface area (Å²) in [6, 6.07) is 3.60. The van der Waals surface area contributed by atoms with Crippen LogP contribution in [-0.2, 0) is 10.8 Å². The zero-order valence-corrected chi connectivity index (χ0v) is 14.8. The topological polar surface area (TPSA) is 77.6 Å². The fourth-order valence-corrected chi connectivity index (χ4v) is 1.67. The van der Waals surface area contributed by atoms with Gasteiger partial charge in [0.25, 0.3) is 0 Å². The van der Waals surface area contributed by atoms with Gasteiger partial charge in [0.15, 0.2) is 0 Å². The number of nitrogen functional groups attached to an aromatic ring is 1. The van der Waals surface area contributed by atoms with Crippen molar-refractivity contribution in [3.8, 4) is 0 Å². The maximum atomic E-state index is 5.70. The quantitative estimate of drug-likeness (QED) is 0.747. The van der Waals surface area contributed by atoms with Crippen molar-refractivity contribution in [2.75, 3.05) is 5.73 Å². The van der Waals surface area contributed by atoms with Gasteiger partial charge in [-0.3, -0.25) is 0 Å². The SMILES string of the molecule is CC(C)(C)c1cc(Cl)ncn1.CC(C)(C)c1cc(N)ncn1. The van der Waals surface area contributed by atoms with Gasteiger partial charge in [0.05, 0.1) is 11.4 Å². The number of rotatable bonds is 0. The molecule has 0 amide bonds. The lowest BCUT2D eigenvalue weighted by Gasteiger charge is -2.16. The van der Waals surface area contributed by atoms with E-state index in [1.54, 1.807) is 12.1 Å². The Bertz CT molecular complexity index is 559. The molecule has 0 aliphatic heterocycles. The molecule has 2 aromatic heterocycles. The number of hydrogen-bond acceptors (Lipinski definition) is 5. The second kappa shape index (κ2) is 7.01. The molecular weight excluding hydrogens is 298 g/mol. The minimum Gasteiger partial charge on any atom is -0.384 e. The molecule has 0 unspecified atom stereocenters. The third kappa shape index (κ3) is 5.93. The van der Waals surface area contributed by atoms with E-state index < -0.39 is 0 Å². The molecule has 5 nitrogen and oxygen atoms in total. The van der Waals surface area contributed by atoms with Crippen molar-refractivity contribution < 1.29 is 0 Å². The van der Waals surface area contributed by atoms with Crippen molar-refractivity contribution in [3.05, 3.63) is 41.3 Å². The van der Waals surface area contributed by atoms with Crippen LogP contribution in [0.15, 0.2) is 24.8 Å². The molecule has 0 fully saturated rings. The van der Waals surface area contributed by atoms with Gasteiger partial charge in [0, 0.05) is 16.9 Å². The highest BCUT2D eigenvalue weighted by molar-refractivity contribution is 6.29. The molecule has 2 N–H and O–H groups in total. The molecule has 22 heavy (non-hydrogen) atoms. The average Bonchev–Trinajstić information content (AvgIpc) is 2.37. The minimum absolute atomic E-state index is 0.0482. The smallest absolute Gasteiger partial charge is 0.132 e. The molecule has 120 valence electrons. The number of aromatic nitrogens is 4. The van der Waals surface area contributed by atoms with Gasteiger partial charge in [0.1, 0.15) is 23.6 Å². The first kappa shape index (κ1) is 18.3. The largest absolute Gasteiger partial charge is 0.384 e. The van der Waals surface area contributed by atoms with Crippen LogP contribution in [0.5, 0.6) is 0 Å². The van der Waals surface area contributed by atoms with Crippen molar-refractivity contribution in [1.82, 2.24) is 19.9 Å². The van der Waals surface area contributed by atoms with Crippen LogP contribution < -0.4 is 5.73 Å². The monoisotopic (exact) mass is 321 g/mol. The molecule has 0 saturated heterocycles. The molecule has 0 radical (unpaired) electrons. The Hall–Kier alpha value is -1.75. The molecule has 0 aliphatic rings. The van der Waals surface area contributed by atoms with Gasteiger partial charge >= 0.3 is 0 Å². The molecule has 0 aliphatic carbocycles. The molecule has 2 rings (SSSR count). The van der Waals surface area contributed by atoms with Crippen LogP contribution in [0, 0.1) is 0 Å². The van der Waals surface area contributed by atoms with Crippen molar-refractivity contribution in [2.45, 2.75) is 52.4 Å². The molecule has 0 atom stereocenters. The summed E-state index contributed by atoms with van der Waals surface area (Å²) in [5, 5.41) is 0.505. The van der Waals surface area contributed by atoms with Crippen molar-refractivity contribution in [3.63, 3.8) is 0 Å². The molecular formula is C16H24ClN5. The zero-order valence-electron chi connectivity index (χ0n) is 14.1. The van der Waals surface area contributed by atoms with Crippen LogP contribution in [0.4, 0.5) is 5.82 Å². The van der Waals surface area contributed by atoms with Crippen LogP contribution in [0.3, 0.4) is 0 Å². The van der Waals surface area contributed by atoms with E-state index in [0.717, 1.165) is 11.4 Å². The predicted octanol–water partition coefficient (Wildman–Crippen LogP) is 3.78. The highest BCUT2D eigenvalue weighted by Crippen LogP contribution is 2.21. The summed E-state index contributed by atoms with van der Waals surface area (Å²) in [5.74, 6) is 0.532. The lowest BCUT2D eigenvalue weighted by atomic mass is 9.92. The van der Waals surface area contributed by atoms with Gasteiger partial charge in [-0.2, -0.15) is 0 Å². The van der Waals surface area contributed by atoms with Gasteiger partial charge in [-0.25, -0.2) is 19.9 Å². The van der Waals surface area contributed by atoms with E-state index in [1.165, 1.54) is 12.7 Å². The van der Waals surface area contributed by atoms with E-state index in [2.05, 4.69) is 61.5 Å². The second-order valence-electron chi connectivity index (χ2n) is 7.05. The summed E-state index contributed by atoms with van der Waals surface area (Å²) in [6.45, 7) is 12.5. The summed E-state index contributed by atoms with van der Waals surface area (Å²) in [4.78, 5) is 15.9. The number of halogens is 1. The molecule has 6 heteroatoms. The van der Waals surface area contributed by atoms with Gasteiger partial charge in [-0.1, -0.05) is 53.1 Å². The second-order valence-corrected chi connectivity index (χ2v) is 7.44. The summed E-state index contributed by atoms with van der Waals surface area (Å²) in [5.41, 5.74) is 7.55. The average molecular weight is 322 g/mol. The lowest BCUT2D eigenvalue weighted by Crippen LogP contribution is -2.14. The summed E-state index contributed by atoms with van der Waals surface area (Å²) < 4.78 is 0. The lowest BCUT2D eigenvalue weighted by molar-refractivity contribution is 0.567. The third-order valence-electron chi connectivity index (χ3n) is 2.86. The molecule has 0 saturated carbocycles. The Morgan fingerprint density at radius 3 is 1.55 bits per heavy atom. The third-order valence-corrected chi connectivity index (χ3v) is 3.07. The van der Waals surface area contributed by atoms with Crippen LogP contribution in [-0.4, -0.2) is 19.9 Å². The maximum absolute atomic E-state index is 5.70. The Kier molecular flexibility index (Phi) is 5.83. The predicted molar refractivity (Wildman–Crippen MR) is 90.9 cm³/mol. The first-order valence-electron chi connectivity index (χ1n) is 7.06. The van der Waals surface area contributed by atoms with E-state index in [9.17, 15) is 0 Å². The van der Waals surface area contributed by atoms with Crippen LogP contribution >= 0.6 is 11.6 Å². The number of nitrogens with two attached hydrogens (primary N) is 1. The highest BCUT2D eigenvalue weighted by Gasteiger charge is 2.15. The molecule has 2 heterocycles. The summed E-state index contributed by atoms with van der Waals surface area (Å²) in [7, 11) is 0. The van der Waals surface area contributed by atoms with Gasteiger partial charge in [0.2, 0.25) is 0 Å². The van der Waals surface area contributed by atoms with Gasteiger partial charge < -0.3 is 5.73 Å². The molecule has 0 aromatic carbocycles. The van der Waals surface area contributed by atoms with Crippen LogP contribution in [0.2, 0.25) is 5.15 Å². The Morgan fingerprint density at radius 2 is 1.23 bits per heavy atom. The Balaban J connectivity index is 0.000000220. The number of hydrogen-bond donors (Lipinski definition) is 1. The van der Waals surface area contributed by atoms with E-state index in [0.29, 0.717) is 11.0 Å². The standard InChI is InChI=1S/C8H11ClN2.C8H13N3/c2*1-8(2,3)6-4-7(9)11-5-10-6/h4-5H,1-3H3;4-5H,1-3H3,(H2,9,10,11). The van der Waals surface area contributed by atoms with Gasteiger partial charge in [-0.15, -0.1) is 0 Å². The van der Waals surface area contributed by atoms with Crippen LogP contribution in [0.1, 0.15) is 52.9 Å². The Labute approximate surface area is 137 Å². The van der Waals surface area contributed by atoms with Gasteiger partial charge in [-0.05, 0) is 6.07 Å². The minimum atomic E-state index is 0.0482. The summed E-state index contributed by atoms with van der Waals surface area (Å²) in [6.07, 6.45) is 2.98. The zero-order chi connectivity index (χ0) is 17.0.